The van der Waals surface area contributed by atoms with Gasteiger partial charge in [0.15, 0.2) is 6.10 Å². The molecule has 57 heavy (non-hydrogen) atoms. The summed E-state index contributed by atoms with van der Waals surface area (Å²) >= 11 is 0. The Hall–Kier alpha value is -0.990. The molecule has 10 heteroatoms. The van der Waals surface area contributed by atoms with E-state index < -0.39 is 26.5 Å². The summed E-state index contributed by atoms with van der Waals surface area (Å²) in [6, 6.07) is 0. The third-order valence-corrected chi connectivity index (χ3v) is 11.9. The highest BCUT2D eigenvalue weighted by Crippen LogP contribution is 2.43. The molecule has 0 rings (SSSR count). The Labute approximate surface area is 353 Å². The summed E-state index contributed by atoms with van der Waals surface area (Å²) in [4.78, 5) is 35.5. The van der Waals surface area contributed by atoms with Crippen molar-refractivity contribution in [3.63, 3.8) is 0 Å². The molecule has 1 N–H and O–H groups in total. The zero-order chi connectivity index (χ0) is 42.1. The first kappa shape index (κ1) is 56.0. The molecule has 1 unspecified atom stereocenters. The monoisotopic (exact) mass is 833 g/mol. The predicted octanol–water partition coefficient (Wildman–Crippen LogP) is 14.0. The molecule has 9 nitrogen and oxygen atoms in total. The maximum Gasteiger partial charge on any atom is 0.472 e. The molecule has 0 amide bonds. The highest BCUT2D eigenvalue weighted by molar-refractivity contribution is 7.47. The van der Waals surface area contributed by atoms with E-state index in [1.54, 1.807) is 0 Å². The molecule has 0 aromatic rings. The van der Waals surface area contributed by atoms with Gasteiger partial charge < -0.3 is 18.9 Å². The zero-order valence-corrected chi connectivity index (χ0v) is 39.2. The quantitative estimate of drug-likeness (QED) is 0.0280. The van der Waals surface area contributed by atoms with Crippen LogP contribution in [0.25, 0.3) is 0 Å². The molecule has 0 aliphatic rings. The first-order chi connectivity index (χ1) is 27.5. The van der Waals surface area contributed by atoms with Gasteiger partial charge in [0.25, 0.3) is 0 Å². The van der Waals surface area contributed by atoms with Crippen LogP contribution in [0.15, 0.2) is 0 Å². The Morgan fingerprint density at radius 3 is 1.12 bits per heavy atom. The van der Waals surface area contributed by atoms with E-state index >= 15 is 0 Å². The number of esters is 2. The molecule has 0 saturated heterocycles. The molecule has 0 heterocycles. The van der Waals surface area contributed by atoms with E-state index in [0.717, 1.165) is 38.5 Å². The lowest BCUT2D eigenvalue weighted by Gasteiger charge is -2.24. The third kappa shape index (κ3) is 44.4. The zero-order valence-electron chi connectivity index (χ0n) is 38.4. The second-order valence-corrected chi connectivity index (χ2v) is 19.3. The summed E-state index contributed by atoms with van der Waals surface area (Å²) < 4.78 is 34.4. The van der Waals surface area contributed by atoms with Crippen molar-refractivity contribution in [3.8, 4) is 0 Å². The van der Waals surface area contributed by atoms with Gasteiger partial charge in [0.1, 0.15) is 19.8 Å². The lowest BCUT2D eigenvalue weighted by Crippen LogP contribution is -2.37. The molecular formula is C47H95NO8P+. The Morgan fingerprint density at radius 1 is 0.474 bits per heavy atom. The highest BCUT2D eigenvalue weighted by Gasteiger charge is 2.27. The van der Waals surface area contributed by atoms with E-state index in [1.165, 1.54) is 173 Å². The molecule has 0 aromatic carbocycles. The minimum Gasteiger partial charge on any atom is -0.462 e. The van der Waals surface area contributed by atoms with Crippen molar-refractivity contribution < 1.29 is 42.1 Å². The SMILES string of the molecule is CCCCCCCCCCCCCCCCCCCC(=O)O[C@H](COC(=O)CCCCCCCCCCCCCCCCCC)COP(=O)(O)OCC[N+](C)(C)C. The minimum absolute atomic E-state index is 0.0370. The Morgan fingerprint density at radius 2 is 0.789 bits per heavy atom. The molecule has 0 saturated carbocycles. The largest absolute Gasteiger partial charge is 0.472 e. The van der Waals surface area contributed by atoms with E-state index in [0.29, 0.717) is 17.4 Å². The predicted molar refractivity (Wildman–Crippen MR) is 238 cm³/mol. The smallest absolute Gasteiger partial charge is 0.462 e. The standard InChI is InChI=1S/C47H94NO8P/c1-6-8-10-12-14-16-18-20-22-24-26-28-30-32-34-36-38-40-47(50)56-45(44-55-57(51,52)54-42-41-48(3,4)5)43-53-46(49)39-37-35-33-31-29-27-25-23-21-19-17-15-13-11-9-7-2/h45H,6-44H2,1-5H3/p+1/t45-/m1/s1. The number of carbonyl (C=O) groups is 2. The first-order valence-electron chi connectivity index (χ1n) is 24.3. The fourth-order valence-electron chi connectivity index (χ4n) is 7.08. The molecule has 340 valence electrons. The summed E-state index contributed by atoms with van der Waals surface area (Å²) in [5.74, 6) is -0.780. The van der Waals surface area contributed by atoms with Gasteiger partial charge in [0.05, 0.1) is 27.7 Å². The Balaban J connectivity index is 4.25. The van der Waals surface area contributed by atoms with Crippen molar-refractivity contribution in [1.82, 2.24) is 0 Å². The molecule has 0 aliphatic carbocycles. The minimum atomic E-state index is -4.37. The van der Waals surface area contributed by atoms with Crippen LogP contribution in [0.3, 0.4) is 0 Å². The fourth-order valence-corrected chi connectivity index (χ4v) is 7.82. The summed E-state index contributed by atoms with van der Waals surface area (Å²) in [6.45, 7) is 4.48. The van der Waals surface area contributed by atoms with Crippen molar-refractivity contribution >= 4 is 19.8 Å². The van der Waals surface area contributed by atoms with Gasteiger partial charge in [-0.15, -0.1) is 0 Å². The van der Waals surface area contributed by atoms with E-state index in [1.807, 2.05) is 21.1 Å². The van der Waals surface area contributed by atoms with Crippen molar-refractivity contribution in [2.24, 2.45) is 0 Å². The van der Waals surface area contributed by atoms with E-state index in [-0.39, 0.29) is 25.6 Å². The number of unbranched alkanes of at least 4 members (excludes halogenated alkanes) is 31. The molecule has 0 aliphatic heterocycles. The van der Waals surface area contributed by atoms with Gasteiger partial charge in [-0.05, 0) is 12.8 Å². The topological polar surface area (TPSA) is 108 Å². The highest BCUT2D eigenvalue weighted by atomic mass is 31.2. The van der Waals surface area contributed by atoms with Crippen LogP contribution in [0.1, 0.15) is 239 Å². The molecule has 0 aromatic heterocycles. The van der Waals surface area contributed by atoms with E-state index in [2.05, 4.69) is 13.8 Å². The lowest BCUT2D eigenvalue weighted by atomic mass is 10.0. The third-order valence-electron chi connectivity index (χ3n) is 10.9. The van der Waals surface area contributed by atoms with Gasteiger partial charge >= 0.3 is 19.8 Å². The molecule has 0 bridgehead atoms. The normalized spacial score (nSPS) is 13.4. The number of nitrogens with zero attached hydrogens (tertiary/aromatic N) is 1. The number of rotatable bonds is 45. The number of likely N-dealkylation sites (N-methyl/N-ethyl adjacent to an activating group) is 1. The number of hydrogen-bond donors (Lipinski definition) is 1. The van der Waals surface area contributed by atoms with Crippen LogP contribution in [0.4, 0.5) is 0 Å². The lowest BCUT2D eigenvalue weighted by molar-refractivity contribution is -0.870. The van der Waals surface area contributed by atoms with Crippen LogP contribution >= 0.6 is 7.82 Å². The average molecular weight is 833 g/mol. The second-order valence-electron chi connectivity index (χ2n) is 17.9. The Bertz CT molecular complexity index is 943. The van der Waals surface area contributed by atoms with Crippen molar-refractivity contribution in [2.45, 2.75) is 245 Å². The average Bonchev–Trinajstić information content (AvgIpc) is 3.16. The van der Waals surface area contributed by atoms with Crippen LogP contribution in [-0.2, 0) is 32.7 Å². The summed E-state index contributed by atoms with van der Waals surface area (Å²) in [5, 5.41) is 0. The van der Waals surface area contributed by atoms with E-state index in [4.69, 9.17) is 18.5 Å². The number of ether oxygens (including phenoxy) is 2. The van der Waals surface area contributed by atoms with Gasteiger partial charge in [-0.2, -0.15) is 0 Å². The number of phosphoric acid groups is 1. The van der Waals surface area contributed by atoms with Crippen molar-refractivity contribution in [3.05, 3.63) is 0 Å². The van der Waals surface area contributed by atoms with Gasteiger partial charge in [-0.3, -0.25) is 18.6 Å². The number of quaternary nitrogens is 1. The van der Waals surface area contributed by atoms with Crippen LogP contribution < -0.4 is 0 Å². The van der Waals surface area contributed by atoms with Crippen LogP contribution in [0.5, 0.6) is 0 Å². The number of hydrogen-bond acceptors (Lipinski definition) is 7. The molecular weight excluding hydrogens is 737 g/mol. The maximum absolute atomic E-state index is 12.7. The van der Waals surface area contributed by atoms with Crippen molar-refractivity contribution in [1.29, 1.82) is 0 Å². The number of phosphoric ester groups is 1. The van der Waals surface area contributed by atoms with E-state index in [9.17, 15) is 19.0 Å². The van der Waals surface area contributed by atoms with Crippen LogP contribution in [0.2, 0.25) is 0 Å². The molecule has 0 spiro atoms. The van der Waals surface area contributed by atoms with Gasteiger partial charge in [-0.25, -0.2) is 4.57 Å². The molecule has 2 atom stereocenters. The van der Waals surface area contributed by atoms with Gasteiger partial charge in [0, 0.05) is 12.8 Å². The summed E-state index contributed by atoms with van der Waals surface area (Å²) in [7, 11) is 1.50. The maximum atomic E-state index is 12.7. The number of carbonyl (C=O) groups excluding carboxylic acids is 2. The second kappa shape index (κ2) is 40.4. The van der Waals surface area contributed by atoms with Gasteiger partial charge in [0.2, 0.25) is 0 Å². The van der Waals surface area contributed by atoms with Crippen LogP contribution in [0, 0.1) is 0 Å². The van der Waals surface area contributed by atoms with Crippen LogP contribution in [-0.4, -0.2) is 74.9 Å². The molecule has 0 radical (unpaired) electrons. The van der Waals surface area contributed by atoms with Gasteiger partial charge in [-0.1, -0.05) is 213 Å². The Kier molecular flexibility index (Phi) is 39.7. The van der Waals surface area contributed by atoms with Crippen molar-refractivity contribution in [2.75, 3.05) is 47.5 Å². The summed E-state index contributed by atoms with van der Waals surface area (Å²) in [6.07, 6.45) is 41.4. The molecule has 0 fully saturated rings. The first-order valence-corrected chi connectivity index (χ1v) is 25.8. The summed E-state index contributed by atoms with van der Waals surface area (Å²) in [5.41, 5.74) is 0. The fraction of sp³-hybridized carbons (Fsp3) is 0.957.